The Balaban J connectivity index is 1.54. The van der Waals surface area contributed by atoms with Gasteiger partial charge < -0.3 is 16.0 Å². The summed E-state index contributed by atoms with van der Waals surface area (Å²) in [5, 5.41) is 5.56. The lowest BCUT2D eigenvalue weighted by Gasteiger charge is -2.29. The van der Waals surface area contributed by atoms with Crippen LogP contribution < -0.4 is 16.4 Å². The minimum atomic E-state index is -0.608. The zero-order valence-corrected chi connectivity index (χ0v) is 14.6. The van der Waals surface area contributed by atoms with Crippen LogP contribution in [0.2, 0.25) is 0 Å². The molecular weight excluding hydrogens is 346 g/mol. The van der Waals surface area contributed by atoms with Gasteiger partial charge in [-0.2, -0.15) is 0 Å². The second-order valence-electron chi connectivity index (χ2n) is 6.67. The van der Waals surface area contributed by atoms with E-state index in [1.54, 1.807) is 23.2 Å². The van der Waals surface area contributed by atoms with Crippen LogP contribution in [0.5, 0.6) is 0 Å². The third-order valence-electron chi connectivity index (χ3n) is 4.90. The topological polar surface area (TPSA) is 117 Å². The van der Waals surface area contributed by atoms with E-state index in [2.05, 4.69) is 15.6 Å². The molecule has 0 saturated carbocycles. The smallest absolute Gasteiger partial charge is 0.255 e. The molecule has 3 heterocycles. The van der Waals surface area contributed by atoms with E-state index in [-0.39, 0.29) is 18.2 Å². The van der Waals surface area contributed by atoms with Crippen molar-refractivity contribution in [2.24, 2.45) is 0 Å². The van der Waals surface area contributed by atoms with Crippen molar-refractivity contribution in [2.75, 3.05) is 11.1 Å². The van der Waals surface area contributed by atoms with Gasteiger partial charge in [0.15, 0.2) is 0 Å². The van der Waals surface area contributed by atoms with Crippen LogP contribution in [0.4, 0.5) is 11.5 Å². The molecule has 1 atom stereocenters. The Morgan fingerprint density at radius 3 is 2.89 bits per heavy atom. The molecule has 1 aromatic carbocycles. The molecule has 8 nitrogen and oxygen atoms in total. The van der Waals surface area contributed by atoms with Crippen LogP contribution in [0.1, 0.15) is 34.3 Å². The highest BCUT2D eigenvalue weighted by atomic mass is 16.2. The van der Waals surface area contributed by atoms with Crippen molar-refractivity contribution in [3.8, 4) is 0 Å². The monoisotopic (exact) mass is 365 g/mol. The number of rotatable bonds is 4. The molecule has 0 aliphatic carbocycles. The third kappa shape index (κ3) is 3.21. The van der Waals surface area contributed by atoms with Crippen molar-refractivity contribution >= 4 is 29.2 Å². The number of benzene rings is 1. The number of imide groups is 1. The number of fused-ring (bicyclic) bond motifs is 1. The lowest BCUT2D eigenvalue weighted by Crippen LogP contribution is -2.52. The quantitative estimate of drug-likeness (QED) is 0.697. The first-order valence-corrected chi connectivity index (χ1v) is 8.74. The zero-order chi connectivity index (χ0) is 19.0. The summed E-state index contributed by atoms with van der Waals surface area (Å²) < 4.78 is 0. The number of nitrogen functional groups attached to an aromatic ring is 1. The van der Waals surface area contributed by atoms with Gasteiger partial charge in [0.25, 0.3) is 5.91 Å². The predicted molar refractivity (Wildman–Crippen MR) is 98.5 cm³/mol. The first kappa shape index (κ1) is 17.0. The van der Waals surface area contributed by atoms with E-state index in [0.29, 0.717) is 30.9 Å². The largest absolute Gasteiger partial charge is 0.384 e. The number of carbonyl (C=O) groups excluding carboxylic acids is 3. The van der Waals surface area contributed by atoms with Crippen molar-refractivity contribution in [1.29, 1.82) is 0 Å². The highest BCUT2D eigenvalue weighted by Crippen LogP contribution is 2.30. The van der Waals surface area contributed by atoms with Gasteiger partial charge in [0, 0.05) is 43.0 Å². The van der Waals surface area contributed by atoms with E-state index in [4.69, 9.17) is 5.73 Å². The molecule has 2 aliphatic heterocycles. The maximum atomic E-state index is 13.0. The molecule has 0 radical (unpaired) electrons. The lowest BCUT2D eigenvalue weighted by atomic mass is 10.0. The third-order valence-corrected chi connectivity index (χ3v) is 4.90. The molecule has 4 N–H and O–H groups in total. The number of nitrogens with one attached hydrogen (secondary N) is 2. The van der Waals surface area contributed by atoms with Gasteiger partial charge in [0.1, 0.15) is 11.9 Å². The Labute approximate surface area is 155 Å². The Morgan fingerprint density at radius 2 is 2.11 bits per heavy atom. The number of carbonyl (C=O) groups is 3. The van der Waals surface area contributed by atoms with E-state index >= 15 is 0 Å². The molecule has 2 aliphatic rings. The number of amides is 3. The Bertz CT molecular complexity index is 943. The summed E-state index contributed by atoms with van der Waals surface area (Å²) in [7, 11) is 0. The van der Waals surface area contributed by atoms with E-state index in [1.165, 1.54) is 0 Å². The van der Waals surface area contributed by atoms with Crippen LogP contribution in [0, 0.1) is 0 Å². The zero-order valence-electron chi connectivity index (χ0n) is 14.6. The lowest BCUT2D eigenvalue weighted by molar-refractivity contribution is -0.136. The van der Waals surface area contributed by atoms with Crippen molar-refractivity contribution in [2.45, 2.75) is 32.0 Å². The summed E-state index contributed by atoms with van der Waals surface area (Å²) in [6.45, 7) is 0.818. The first-order valence-electron chi connectivity index (χ1n) is 8.74. The van der Waals surface area contributed by atoms with Gasteiger partial charge in [-0.15, -0.1) is 0 Å². The highest BCUT2D eigenvalue weighted by molar-refractivity contribution is 6.06. The maximum Gasteiger partial charge on any atom is 0.255 e. The van der Waals surface area contributed by atoms with Gasteiger partial charge in [-0.1, -0.05) is 18.2 Å². The number of aromatic nitrogens is 1. The Hall–Kier alpha value is -3.42. The molecule has 2 aromatic rings. The van der Waals surface area contributed by atoms with Gasteiger partial charge in [-0.05, 0) is 23.6 Å². The minimum Gasteiger partial charge on any atom is -0.384 e. The van der Waals surface area contributed by atoms with Gasteiger partial charge in [-0.25, -0.2) is 4.98 Å². The van der Waals surface area contributed by atoms with Crippen molar-refractivity contribution in [1.82, 2.24) is 15.2 Å². The normalized spacial score (nSPS) is 19.0. The average molecular weight is 365 g/mol. The van der Waals surface area contributed by atoms with Crippen molar-refractivity contribution in [3.63, 3.8) is 0 Å². The molecule has 27 heavy (non-hydrogen) atoms. The average Bonchev–Trinajstić information content (AvgIpc) is 2.97. The number of piperidine rings is 1. The fraction of sp³-hybridized carbons (Fsp3) is 0.263. The molecule has 0 bridgehead atoms. The summed E-state index contributed by atoms with van der Waals surface area (Å²) in [6.07, 6.45) is 2.21. The molecule has 3 amide bonds. The molecule has 1 unspecified atom stereocenters. The van der Waals surface area contributed by atoms with Crippen LogP contribution >= 0.6 is 0 Å². The molecule has 1 fully saturated rings. The van der Waals surface area contributed by atoms with Crippen LogP contribution in [0.3, 0.4) is 0 Å². The molecule has 138 valence electrons. The maximum absolute atomic E-state index is 13.0. The van der Waals surface area contributed by atoms with Gasteiger partial charge in [0.05, 0.1) is 0 Å². The molecular formula is C19H19N5O3. The molecule has 0 spiro atoms. The first-order chi connectivity index (χ1) is 13.0. The number of pyridine rings is 1. The van der Waals surface area contributed by atoms with E-state index < -0.39 is 11.9 Å². The van der Waals surface area contributed by atoms with E-state index in [9.17, 15) is 14.4 Å². The predicted octanol–water partition coefficient (Wildman–Crippen LogP) is 1.04. The number of nitrogens with two attached hydrogens (primary N) is 1. The van der Waals surface area contributed by atoms with Gasteiger partial charge >= 0.3 is 0 Å². The minimum absolute atomic E-state index is 0.175. The van der Waals surface area contributed by atoms with Crippen LogP contribution in [-0.2, 0) is 22.7 Å². The van der Waals surface area contributed by atoms with E-state index in [1.807, 2.05) is 18.2 Å². The Morgan fingerprint density at radius 1 is 1.26 bits per heavy atom. The second kappa shape index (κ2) is 6.71. The molecule has 1 saturated heterocycles. The van der Waals surface area contributed by atoms with Gasteiger partial charge in [-0.3, -0.25) is 19.7 Å². The van der Waals surface area contributed by atoms with Crippen LogP contribution in [-0.4, -0.2) is 33.6 Å². The number of nitrogens with zero attached hydrogens (tertiary/aromatic N) is 2. The standard InChI is InChI=1S/C19H19N5O3/c20-15-8-13(6-7-21-15)22-9-11-2-1-3-12-10-24(19(27)17(11)12)14-4-5-16(25)23-18(14)26/h1-3,6-8,14H,4-5,9-10H2,(H3,20,21,22)(H,23,25,26). The number of hydrogen-bond donors (Lipinski definition) is 3. The molecule has 8 heteroatoms. The molecule has 4 rings (SSSR count). The number of anilines is 2. The molecule has 1 aromatic heterocycles. The summed E-state index contributed by atoms with van der Waals surface area (Å²) in [5.41, 5.74) is 8.86. The SMILES string of the molecule is Nc1cc(NCc2cccc3c2C(=O)N(C2CCC(=O)NC2=O)C3)ccn1. The second-order valence-corrected chi connectivity index (χ2v) is 6.67. The fourth-order valence-electron chi connectivity index (χ4n) is 3.59. The summed E-state index contributed by atoms with van der Waals surface area (Å²) >= 11 is 0. The highest BCUT2D eigenvalue weighted by Gasteiger charge is 2.39. The van der Waals surface area contributed by atoms with Crippen molar-refractivity contribution < 1.29 is 14.4 Å². The van der Waals surface area contributed by atoms with Crippen LogP contribution in [0.15, 0.2) is 36.5 Å². The summed E-state index contributed by atoms with van der Waals surface area (Å²) in [4.78, 5) is 42.1. The summed E-state index contributed by atoms with van der Waals surface area (Å²) in [6, 6.07) is 8.61. The van der Waals surface area contributed by atoms with E-state index in [0.717, 1.165) is 16.8 Å². The van der Waals surface area contributed by atoms with Crippen LogP contribution in [0.25, 0.3) is 0 Å². The van der Waals surface area contributed by atoms with Crippen molar-refractivity contribution in [3.05, 3.63) is 53.2 Å². The van der Waals surface area contributed by atoms with Gasteiger partial charge in [0.2, 0.25) is 11.8 Å². The number of hydrogen-bond acceptors (Lipinski definition) is 6. The Kier molecular flexibility index (Phi) is 4.23. The fourth-order valence-corrected chi connectivity index (χ4v) is 3.59. The summed E-state index contributed by atoms with van der Waals surface area (Å²) in [5.74, 6) is -0.453.